The molecule has 0 fully saturated rings. The Morgan fingerprint density at radius 3 is 1.50 bits per heavy atom. The molecule has 0 amide bonds. The Hall–Kier alpha value is 0.430. The van der Waals surface area contributed by atoms with Gasteiger partial charge in [0.25, 0.3) is 0 Å². The smallest absolute Gasteiger partial charge is 0.305 e. The Balaban J connectivity index is 3.12. The molecule has 0 unspecified atom stereocenters. The highest BCUT2D eigenvalue weighted by atomic mass is 79.9. The summed E-state index contributed by atoms with van der Waals surface area (Å²) in [6.45, 7) is 0.617. The number of halogens is 2. The Morgan fingerprint density at radius 1 is 0.591 bits per heavy atom. The monoisotopic (exact) mass is 440 g/mol. The molecule has 0 aliphatic heterocycles. The van der Waals surface area contributed by atoms with Crippen LogP contribution in [-0.2, 0) is 9.53 Å². The van der Waals surface area contributed by atoms with Crippen molar-refractivity contribution in [2.45, 2.75) is 89.9 Å². The maximum Gasteiger partial charge on any atom is 0.305 e. The van der Waals surface area contributed by atoms with E-state index in [0.29, 0.717) is 13.0 Å². The lowest BCUT2D eigenvalue weighted by Crippen LogP contribution is -2.05. The van der Waals surface area contributed by atoms with Crippen molar-refractivity contribution in [3.05, 3.63) is 0 Å². The van der Waals surface area contributed by atoms with Crippen LogP contribution >= 0.6 is 31.9 Å². The molecule has 0 aromatic rings. The van der Waals surface area contributed by atoms with Gasteiger partial charge >= 0.3 is 5.97 Å². The third kappa shape index (κ3) is 18.5. The minimum atomic E-state index is -0.00438. The van der Waals surface area contributed by atoms with E-state index in [9.17, 15) is 4.79 Å². The highest BCUT2D eigenvalue weighted by molar-refractivity contribution is 9.09. The van der Waals surface area contributed by atoms with Crippen LogP contribution in [0.1, 0.15) is 89.9 Å². The van der Waals surface area contributed by atoms with Crippen LogP contribution in [0, 0.1) is 0 Å². The van der Waals surface area contributed by atoms with E-state index in [2.05, 4.69) is 31.9 Å². The molecule has 0 saturated heterocycles. The topological polar surface area (TPSA) is 26.3 Å². The molecular weight excluding hydrogens is 408 g/mol. The van der Waals surface area contributed by atoms with Crippen LogP contribution in [-0.4, -0.2) is 23.2 Å². The molecule has 2 nitrogen and oxygen atoms in total. The molecule has 0 aromatic heterocycles. The van der Waals surface area contributed by atoms with Gasteiger partial charge in [-0.2, -0.15) is 0 Å². The SMILES string of the molecule is O=C(CCCCCCCBr)OCCCCCCCCCCBr. The van der Waals surface area contributed by atoms with Crippen LogP contribution in [0.25, 0.3) is 0 Å². The number of hydrogen-bond acceptors (Lipinski definition) is 2. The summed E-state index contributed by atoms with van der Waals surface area (Å²) in [5.74, 6) is -0.00438. The summed E-state index contributed by atoms with van der Waals surface area (Å²) in [6.07, 6.45) is 16.6. The van der Waals surface area contributed by atoms with Crippen molar-refractivity contribution in [2.24, 2.45) is 0 Å². The number of carbonyl (C=O) groups excluding carboxylic acids is 1. The Labute approximate surface area is 154 Å². The third-order valence-electron chi connectivity index (χ3n) is 3.81. The van der Waals surface area contributed by atoms with Gasteiger partial charge in [0.1, 0.15) is 0 Å². The first-order chi connectivity index (χ1) is 10.8. The van der Waals surface area contributed by atoms with Gasteiger partial charge in [0.15, 0.2) is 0 Å². The van der Waals surface area contributed by atoms with Crippen LogP contribution in [0.5, 0.6) is 0 Å². The predicted octanol–water partition coefficient (Wildman–Crippen LogP) is 6.78. The zero-order chi connectivity index (χ0) is 16.3. The molecule has 0 N–H and O–H groups in total. The van der Waals surface area contributed by atoms with Crippen LogP contribution in [0.2, 0.25) is 0 Å². The molecule has 4 heteroatoms. The summed E-state index contributed by atoms with van der Waals surface area (Å²) < 4.78 is 5.28. The van der Waals surface area contributed by atoms with E-state index >= 15 is 0 Å². The highest BCUT2D eigenvalue weighted by Gasteiger charge is 2.02. The zero-order valence-corrected chi connectivity index (χ0v) is 17.3. The van der Waals surface area contributed by atoms with E-state index in [1.54, 1.807) is 0 Å². The van der Waals surface area contributed by atoms with E-state index in [0.717, 1.165) is 29.9 Å². The van der Waals surface area contributed by atoms with Gasteiger partial charge in [0, 0.05) is 17.1 Å². The van der Waals surface area contributed by atoms with E-state index in [-0.39, 0.29) is 5.97 Å². The second kappa shape index (κ2) is 19.5. The van der Waals surface area contributed by atoms with Gasteiger partial charge in [-0.25, -0.2) is 0 Å². The number of rotatable bonds is 17. The second-order valence-corrected chi connectivity index (χ2v) is 7.53. The molecular formula is C18H34Br2O2. The van der Waals surface area contributed by atoms with Crippen molar-refractivity contribution in [1.29, 1.82) is 0 Å². The lowest BCUT2D eigenvalue weighted by atomic mass is 10.1. The Bertz CT molecular complexity index is 235. The van der Waals surface area contributed by atoms with Crippen LogP contribution < -0.4 is 0 Å². The third-order valence-corrected chi connectivity index (χ3v) is 4.93. The number of hydrogen-bond donors (Lipinski definition) is 0. The summed E-state index contributed by atoms with van der Waals surface area (Å²) in [5.41, 5.74) is 0. The number of unbranched alkanes of at least 4 members (excludes halogenated alkanes) is 11. The maximum absolute atomic E-state index is 11.5. The van der Waals surface area contributed by atoms with Crippen LogP contribution in [0.15, 0.2) is 0 Å². The lowest BCUT2D eigenvalue weighted by molar-refractivity contribution is -0.143. The number of esters is 1. The van der Waals surface area contributed by atoms with Gasteiger partial charge < -0.3 is 4.74 Å². The quantitative estimate of drug-likeness (QED) is 0.141. The lowest BCUT2D eigenvalue weighted by Gasteiger charge is -2.05. The number of alkyl halides is 2. The first-order valence-electron chi connectivity index (χ1n) is 9.08. The molecule has 0 atom stereocenters. The highest BCUT2D eigenvalue weighted by Crippen LogP contribution is 2.10. The van der Waals surface area contributed by atoms with Crippen LogP contribution in [0.3, 0.4) is 0 Å². The first kappa shape index (κ1) is 22.4. The minimum Gasteiger partial charge on any atom is -0.466 e. The van der Waals surface area contributed by atoms with Crippen molar-refractivity contribution < 1.29 is 9.53 Å². The first-order valence-corrected chi connectivity index (χ1v) is 11.3. The van der Waals surface area contributed by atoms with Gasteiger partial charge in [-0.05, 0) is 25.7 Å². The molecule has 22 heavy (non-hydrogen) atoms. The molecule has 0 bridgehead atoms. The molecule has 0 aromatic carbocycles. The van der Waals surface area contributed by atoms with E-state index in [4.69, 9.17) is 4.74 Å². The Kier molecular flexibility index (Phi) is 19.9. The standard InChI is InChI=1S/C18H34Br2O2/c19-15-11-7-3-1-2-4-9-13-17-22-18(21)14-10-6-5-8-12-16-20/h1-17H2. The fourth-order valence-corrected chi connectivity index (χ4v) is 3.20. The fraction of sp³-hybridized carbons (Fsp3) is 0.944. The number of ether oxygens (including phenoxy) is 1. The van der Waals surface area contributed by atoms with Gasteiger partial charge in [-0.1, -0.05) is 89.6 Å². The molecule has 0 radical (unpaired) electrons. The number of carbonyl (C=O) groups is 1. The normalized spacial score (nSPS) is 10.8. The molecule has 0 spiro atoms. The molecule has 0 aliphatic carbocycles. The van der Waals surface area contributed by atoms with Gasteiger partial charge in [-0.3, -0.25) is 4.79 Å². The van der Waals surface area contributed by atoms with Gasteiger partial charge in [0.2, 0.25) is 0 Å². The molecule has 0 rings (SSSR count). The maximum atomic E-state index is 11.5. The summed E-state index contributed by atoms with van der Waals surface area (Å²) in [7, 11) is 0. The summed E-state index contributed by atoms with van der Waals surface area (Å²) in [6, 6.07) is 0. The predicted molar refractivity (Wildman–Crippen MR) is 103 cm³/mol. The van der Waals surface area contributed by atoms with E-state index in [1.807, 2.05) is 0 Å². The summed E-state index contributed by atoms with van der Waals surface area (Å²) in [5, 5.41) is 2.22. The van der Waals surface area contributed by atoms with E-state index in [1.165, 1.54) is 64.2 Å². The second-order valence-electron chi connectivity index (χ2n) is 5.94. The fourth-order valence-electron chi connectivity index (χ4n) is 2.41. The van der Waals surface area contributed by atoms with E-state index < -0.39 is 0 Å². The van der Waals surface area contributed by atoms with Gasteiger partial charge in [-0.15, -0.1) is 0 Å². The van der Waals surface area contributed by atoms with Crippen LogP contribution in [0.4, 0.5) is 0 Å². The average molecular weight is 442 g/mol. The van der Waals surface area contributed by atoms with Crippen molar-refractivity contribution >= 4 is 37.8 Å². The summed E-state index contributed by atoms with van der Waals surface area (Å²) >= 11 is 6.89. The summed E-state index contributed by atoms with van der Waals surface area (Å²) in [4.78, 5) is 11.5. The zero-order valence-electron chi connectivity index (χ0n) is 14.1. The molecule has 132 valence electrons. The average Bonchev–Trinajstić information content (AvgIpc) is 2.52. The Morgan fingerprint density at radius 2 is 1.00 bits per heavy atom. The largest absolute Gasteiger partial charge is 0.466 e. The molecule has 0 saturated carbocycles. The minimum absolute atomic E-state index is 0.00438. The molecule has 0 aliphatic rings. The van der Waals surface area contributed by atoms with Crippen molar-refractivity contribution in [3.8, 4) is 0 Å². The van der Waals surface area contributed by atoms with Crippen molar-refractivity contribution in [2.75, 3.05) is 17.3 Å². The van der Waals surface area contributed by atoms with Crippen molar-refractivity contribution in [3.63, 3.8) is 0 Å². The molecule has 0 heterocycles. The van der Waals surface area contributed by atoms with Crippen molar-refractivity contribution in [1.82, 2.24) is 0 Å². The van der Waals surface area contributed by atoms with Gasteiger partial charge in [0.05, 0.1) is 6.61 Å².